The van der Waals surface area contributed by atoms with Crippen molar-refractivity contribution in [2.24, 2.45) is 11.1 Å². The summed E-state index contributed by atoms with van der Waals surface area (Å²) >= 11 is 3.53. The number of hydrogen-bond acceptors (Lipinski definition) is 2. The Hall–Kier alpha value is -0.540. The molecule has 0 saturated heterocycles. The quantitative estimate of drug-likeness (QED) is 0.915. The maximum absolute atomic E-state index is 5.71. The van der Waals surface area contributed by atoms with Crippen molar-refractivity contribution in [3.63, 3.8) is 0 Å². The Bertz CT molecular complexity index is 396. The zero-order chi connectivity index (χ0) is 13.9. The number of halogens is 1. The van der Waals surface area contributed by atoms with E-state index in [1.165, 1.54) is 11.3 Å². The Labute approximate surface area is 120 Å². The summed E-state index contributed by atoms with van der Waals surface area (Å²) in [4.78, 5) is 2.36. The van der Waals surface area contributed by atoms with Crippen molar-refractivity contribution in [2.45, 2.75) is 40.2 Å². The first-order chi connectivity index (χ1) is 8.27. The molecule has 102 valence electrons. The molecule has 0 radical (unpaired) electrons. The van der Waals surface area contributed by atoms with E-state index >= 15 is 0 Å². The van der Waals surface area contributed by atoms with Crippen molar-refractivity contribution in [2.75, 3.05) is 18.5 Å². The van der Waals surface area contributed by atoms with Crippen LogP contribution in [0.4, 0.5) is 5.69 Å². The Balaban J connectivity index is 3.08. The third kappa shape index (κ3) is 3.72. The SMILES string of the molecule is CC(N(C)c1ccc(Br)cc1CCN)C(C)(C)C. The lowest BCUT2D eigenvalue weighted by Crippen LogP contribution is -2.39. The van der Waals surface area contributed by atoms with Crippen LogP contribution in [0.5, 0.6) is 0 Å². The van der Waals surface area contributed by atoms with Crippen LogP contribution in [0.25, 0.3) is 0 Å². The molecule has 0 aliphatic heterocycles. The van der Waals surface area contributed by atoms with Crippen LogP contribution in [-0.4, -0.2) is 19.6 Å². The van der Waals surface area contributed by atoms with Gasteiger partial charge < -0.3 is 10.6 Å². The summed E-state index contributed by atoms with van der Waals surface area (Å²) in [5.74, 6) is 0. The van der Waals surface area contributed by atoms with Crippen LogP contribution in [0, 0.1) is 5.41 Å². The minimum absolute atomic E-state index is 0.252. The van der Waals surface area contributed by atoms with Gasteiger partial charge in [0.2, 0.25) is 0 Å². The summed E-state index contributed by atoms with van der Waals surface area (Å²) in [5.41, 5.74) is 8.55. The van der Waals surface area contributed by atoms with Crippen molar-refractivity contribution < 1.29 is 0 Å². The monoisotopic (exact) mass is 312 g/mol. The highest BCUT2D eigenvalue weighted by Gasteiger charge is 2.25. The molecular weight excluding hydrogens is 288 g/mol. The van der Waals surface area contributed by atoms with Crippen LogP contribution >= 0.6 is 15.9 Å². The maximum Gasteiger partial charge on any atom is 0.0400 e. The fourth-order valence-electron chi connectivity index (χ4n) is 2.04. The molecule has 0 aliphatic carbocycles. The van der Waals surface area contributed by atoms with Crippen molar-refractivity contribution in [3.8, 4) is 0 Å². The topological polar surface area (TPSA) is 29.3 Å². The predicted octanol–water partition coefficient (Wildman–Crippen LogP) is 3.82. The molecule has 0 saturated carbocycles. The zero-order valence-corrected chi connectivity index (χ0v) is 13.7. The molecule has 18 heavy (non-hydrogen) atoms. The predicted molar refractivity (Wildman–Crippen MR) is 84.2 cm³/mol. The fourth-order valence-corrected chi connectivity index (χ4v) is 2.45. The fraction of sp³-hybridized carbons (Fsp3) is 0.600. The van der Waals surface area contributed by atoms with Crippen LogP contribution in [0.3, 0.4) is 0 Å². The van der Waals surface area contributed by atoms with E-state index in [-0.39, 0.29) is 5.41 Å². The highest BCUT2D eigenvalue weighted by atomic mass is 79.9. The van der Waals surface area contributed by atoms with Gasteiger partial charge in [-0.3, -0.25) is 0 Å². The highest BCUT2D eigenvalue weighted by Crippen LogP contribution is 2.31. The first-order valence-corrected chi connectivity index (χ1v) is 7.28. The average Bonchev–Trinajstić information content (AvgIpc) is 2.26. The molecule has 0 fully saturated rings. The molecule has 3 heteroatoms. The first-order valence-electron chi connectivity index (χ1n) is 6.48. The molecular formula is C15H25BrN2. The number of nitrogens with zero attached hydrogens (tertiary/aromatic N) is 1. The summed E-state index contributed by atoms with van der Waals surface area (Å²) in [6.45, 7) is 9.77. The van der Waals surface area contributed by atoms with Gasteiger partial charge in [0, 0.05) is 23.2 Å². The number of benzene rings is 1. The standard InChI is InChI=1S/C15H25BrN2/c1-11(15(2,3)4)18(5)14-7-6-13(16)10-12(14)8-9-17/h6-7,10-11H,8-9,17H2,1-5H3. The number of hydrogen-bond donors (Lipinski definition) is 1. The van der Waals surface area contributed by atoms with Gasteiger partial charge in [-0.05, 0) is 49.1 Å². The summed E-state index contributed by atoms with van der Waals surface area (Å²) < 4.78 is 1.12. The second-order valence-electron chi connectivity index (χ2n) is 5.96. The molecule has 2 N–H and O–H groups in total. The van der Waals surface area contributed by atoms with Crippen LogP contribution in [-0.2, 0) is 6.42 Å². The van der Waals surface area contributed by atoms with E-state index in [0.29, 0.717) is 12.6 Å². The first kappa shape index (κ1) is 15.5. The molecule has 0 spiro atoms. The van der Waals surface area contributed by atoms with Gasteiger partial charge in [0.05, 0.1) is 0 Å². The molecule has 1 aromatic carbocycles. The van der Waals surface area contributed by atoms with Crippen LogP contribution < -0.4 is 10.6 Å². The molecule has 0 bridgehead atoms. The van der Waals surface area contributed by atoms with Crippen molar-refractivity contribution >= 4 is 21.6 Å². The second kappa shape index (κ2) is 6.07. The van der Waals surface area contributed by atoms with Gasteiger partial charge in [0.25, 0.3) is 0 Å². The summed E-state index contributed by atoms with van der Waals surface area (Å²) in [5, 5.41) is 0. The smallest absolute Gasteiger partial charge is 0.0400 e. The van der Waals surface area contributed by atoms with Gasteiger partial charge in [0.15, 0.2) is 0 Å². The van der Waals surface area contributed by atoms with Gasteiger partial charge >= 0.3 is 0 Å². The third-order valence-electron chi connectivity index (χ3n) is 3.67. The zero-order valence-electron chi connectivity index (χ0n) is 12.1. The maximum atomic E-state index is 5.71. The lowest BCUT2D eigenvalue weighted by Gasteiger charge is -2.38. The Morgan fingerprint density at radius 1 is 1.33 bits per heavy atom. The normalized spacial score (nSPS) is 13.5. The molecule has 0 amide bonds. The third-order valence-corrected chi connectivity index (χ3v) is 4.16. The van der Waals surface area contributed by atoms with Crippen LogP contribution in [0.2, 0.25) is 0 Å². The minimum Gasteiger partial charge on any atom is -0.371 e. The molecule has 1 aromatic rings. The molecule has 1 unspecified atom stereocenters. The van der Waals surface area contributed by atoms with Gasteiger partial charge in [-0.1, -0.05) is 36.7 Å². The van der Waals surface area contributed by atoms with E-state index in [4.69, 9.17) is 5.73 Å². The molecule has 0 aliphatic rings. The lowest BCUT2D eigenvalue weighted by molar-refractivity contribution is 0.329. The second-order valence-corrected chi connectivity index (χ2v) is 6.88. The van der Waals surface area contributed by atoms with Crippen LogP contribution in [0.15, 0.2) is 22.7 Å². The molecule has 2 nitrogen and oxygen atoms in total. The Kier molecular flexibility index (Phi) is 5.23. The Morgan fingerprint density at radius 2 is 1.94 bits per heavy atom. The van der Waals surface area contributed by atoms with E-state index in [0.717, 1.165) is 10.9 Å². The van der Waals surface area contributed by atoms with E-state index < -0.39 is 0 Å². The van der Waals surface area contributed by atoms with E-state index in [2.05, 4.69) is 73.8 Å². The van der Waals surface area contributed by atoms with E-state index in [1.807, 2.05) is 0 Å². The average molecular weight is 313 g/mol. The highest BCUT2D eigenvalue weighted by molar-refractivity contribution is 9.10. The van der Waals surface area contributed by atoms with Crippen LogP contribution in [0.1, 0.15) is 33.3 Å². The summed E-state index contributed by atoms with van der Waals surface area (Å²) in [6.07, 6.45) is 0.913. The van der Waals surface area contributed by atoms with Gasteiger partial charge in [-0.25, -0.2) is 0 Å². The summed E-state index contributed by atoms with van der Waals surface area (Å²) in [7, 11) is 2.17. The van der Waals surface area contributed by atoms with Gasteiger partial charge in [0.1, 0.15) is 0 Å². The summed E-state index contributed by atoms with van der Waals surface area (Å²) in [6, 6.07) is 6.92. The molecule has 0 aromatic heterocycles. The van der Waals surface area contributed by atoms with Crippen molar-refractivity contribution in [3.05, 3.63) is 28.2 Å². The number of rotatable bonds is 4. The van der Waals surface area contributed by atoms with E-state index in [1.54, 1.807) is 0 Å². The number of nitrogens with two attached hydrogens (primary N) is 1. The number of anilines is 1. The largest absolute Gasteiger partial charge is 0.371 e. The molecule has 1 rings (SSSR count). The lowest BCUT2D eigenvalue weighted by atomic mass is 9.86. The van der Waals surface area contributed by atoms with Crippen molar-refractivity contribution in [1.29, 1.82) is 0 Å². The van der Waals surface area contributed by atoms with Crippen molar-refractivity contribution in [1.82, 2.24) is 0 Å². The van der Waals surface area contributed by atoms with Gasteiger partial charge in [-0.15, -0.1) is 0 Å². The minimum atomic E-state index is 0.252. The molecule has 1 atom stereocenters. The molecule has 0 heterocycles. The van der Waals surface area contributed by atoms with E-state index in [9.17, 15) is 0 Å². The Morgan fingerprint density at radius 3 is 2.44 bits per heavy atom. The van der Waals surface area contributed by atoms with Gasteiger partial charge in [-0.2, -0.15) is 0 Å².